The van der Waals surface area contributed by atoms with E-state index >= 15 is 0 Å². The van der Waals surface area contributed by atoms with Crippen LogP contribution in [0.25, 0.3) is 0 Å². The summed E-state index contributed by atoms with van der Waals surface area (Å²) in [7, 11) is -0.644. The lowest BCUT2D eigenvalue weighted by atomic mass is 10.1. The van der Waals surface area contributed by atoms with Gasteiger partial charge >= 0.3 is 0 Å². The highest BCUT2D eigenvalue weighted by Crippen LogP contribution is 2.28. The Bertz CT molecular complexity index is 965. The molecule has 1 atom stereocenters. The normalized spacial score (nSPS) is 12.2. The number of anilines is 1. The summed E-state index contributed by atoms with van der Waals surface area (Å²) >= 11 is 6.02. The maximum Gasteiger partial charge on any atom is 0.244 e. The third-order valence-corrected chi connectivity index (χ3v) is 5.72. The molecule has 0 aliphatic heterocycles. The highest BCUT2D eigenvalue weighted by Gasteiger charge is 2.31. The maximum atomic E-state index is 12.9. The Morgan fingerprint density at radius 3 is 2.38 bits per heavy atom. The number of hydrogen-bond acceptors (Lipinski definition) is 5. The second-order valence-corrected chi connectivity index (χ2v) is 8.67. The maximum absolute atomic E-state index is 12.9. The van der Waals surface area contributed by atoms with Gasteiger partial charge in [-0.05, 0) is 42.3 Å². The van der Waals surface area contributed by atoms with E-state index in [9.17, 15) is 13.2 Å². The molecule has 0 heterocycles. The molecule has 9 heteroatoms. The molecule has 0 aromatic heterocycles. The number of methoxy groups -OCH3 is 2. The van der Waals surface area contributed by atoms with Gasteiger partial charge in [-0.15, -0.1) is 0 Å². The molecule has 0 saturated carbocycles. The number of carbonyl (C=O) groups excluding carboxylic acids is 1. The second-order valence-electron chi connectivity index (χ2n) is 6.37. The first kappa shape index (κ1) is 22.8. The van der Waals surface area contributed by atoms with Crippen LogP contribution in [0, 0.1) is 0 Å². The van der Waals surface area contributed by atoms with Crippen LogP contribution in [-0.4, -0.2) is 40.8 Å². The number of carbonyl (C=O) groups is 1. The van der Waals surface area contributed by atoms with Crippen molar-refractivity contribution in [2.75, 3.05) is 24.8 Å². The lowest BCUT2D eigenvalue weighted by Gasteiger charge is -2.30. The van der Waals surface area contributed by atoms with Crippen molar-refractivity contribution >= 4 is 33.2 Å². The highest BCUT2D eigenvalue weighted by molar-refractivity contribution is 7.92. The van der Waals surface area contributed by atoms with Crippen molar-refractivity contribution in [3.8, 4) is 11.5 Å². The van der Waals surface area contributed by atoms with Crippen molar-refractivity contribution in [3.05, 3.63) is 53.1 Å². The average molecular weight is 441 g/mol. The highest BCUT2D eigenvalue weighted by atomic mass is 35.5. The van der Waals surface area contributed by atoms with Crippen LogP contribution >= 0.6 is 11.6 Å². The Balaban J connectivity index is 2.24. The van der Waals surface area contributed by atoms with Gasteiger partial charge in [0.15, 0.2) is 11.5 Å². The Morgan fingerprint density at radius 2 is 1.83 bits per heavy atom. The predicted molar refractivity (Wildman–Crippen MR) is 114 cm³/mol. The minimum atomic E-state index is -3.72. The molecule has 0 saturated heterocycles. The van der Waals surface area contributed by atoms with Crippen LogP contribution in [0.5, 0.6) is 11.5 Å². The van der Waals surface area contributed by atoms with Crippen molar-refractivity contribution in [1.29, 1.82) is 0 Å². The van der Waals surface area contributed by atoms with Crippen molar-refractivity contribution < 1.29 is 22.7 Å². The van der Waals surface area contributed by atoms with Gasteiger partial charge in [0.2, 0.25) is 15.9 Å². The van der Waals surface area contributed by atoms with E-state index in [1.54, 1.807) is 50.4 Å². The van der Waals surface area contributed by atoms with Gasteiger partial charge in [-0.1, -0.05) is 30.7 Å². The van der Waals surface area contributed by atoms with Crippen LogP contribution in [0.3, 0.4) is 0 Å². The number of rotatable bonds is 9. The molecule has 0 aliphatic carbocycles. The van der Waals surface area contributed by atoms with E-state index in [-0.39, 0.29) is 13.0 Å². The van der Waals surface area contributed by atoms with Gasteiger partial charge < -0.3 is 14.8 Å². The van der Waals surface area contributed by atoms with E-state index < -0.39 is 22.0 Å². The SMILES string of the molecule is CCC(C(=O)NCc1ccc(OC)c(OC)c1)N(c1cccc(Cl)c1)S(C)(=O)=O. The number of amides is 1. The summed E-state index contributed by atoms with van der Waals surface area (Å²) in [4.78, 5) is 12.9. The van der Waals surface area contributed by atoms with Crippen molar-refractivity contribution in [3.63, 3.8) is 0 Å². The van der Waals surface area contributed by atoms with Gasteiger partial charge in [0.1, 0.15) is 6.04 Å². The van der Waals surface area contributed by atoms with Crippen LogP contribution in [-0.2, 0) is 21.4 Å². The molecule has 2 rings (SSSR count). The summed E-state index contributed by atoms with van der Waals surface area (Å²) in [5.74, 6) is 0.717. The van der Waals surface area contributed by atoms with Gasteiger partial charge in [-0.2, -0.15) is 0 Å². The summed E-state index contributed by atoms with van der Waals surface area (Å²) in [6, 6.07) is 10.8. The fraction of sp³-hybridized carbons (Fsp3) is 0.350. The Morgan fingerprint density at radius 1 is 1.14 bits per heavy atom. The lowest BCUT2D eigenvalue weighted by molar-refractivity contribution is -0.122. The van der Waals surface area contributed by atoms with Crippen LogP contribution in [0.15, 0.2) is 42.5 Å². The van der Waals surface area contributed by atoms with Crippen LogP contribution in [0.1, 0.15) is 18.9 Å². The molecule has 0 aliphatic rings. The molecule has 1 unspecified atom stereocenters. The smallest absolute Gasteiger partial charge is 0.244 e. The Labute approximate surface area is 176 Å². The molecule has 158 valence electrons. The number of ether oxygens (including phenoxy) is 2. The van der Waals surface area contributed by atoms with E-state index in [0.717, 1.165) is 16.1 Å². The predicted octanol–water partition coefficient (Wildman–Crippen LogP) is 3.22. The largest absolute Gasteiger partial charge is 0.493 e. The minimum absolute atomic E-state index is 0.211. The van der Waals surface area contributed by atoms with Crippen molar-refractivity contribution in [2.45, 2.75) is 25.9 Å². The minimum Gasteiger partial charge on any atom is -0.493 e. The molecule has 7 nitrogen and oxygen atoms in total. The summed E-state index contributed by atoms with van der Waals surface area (Å²) in [6.45, 7) is 1.96. The van der Waals surface area contributed by atoms with E-state index in [2.05, 4.69) is 5.32 Å². The molecule has 0 spiro atoms. The lowest BCUT2D eigenvalue weighted by Crippen LogP contribution is -2.49. The quantitative estimate of drug-likeness (QED) is 0.647. The summed E-state index contributed by atoms with van der Waals surface area (Å²) in [5.41, 5.74) is 1.13. The zero-order chi connectivity index (χ0) is 21.6. The first-order valence-corrected chi connectivity index (χ1v) is 11.2. The third kappa shape index (κ3) is 5.77. The summed E-state index contributed by atoms with van der Waals surface area (Å²) < 4.78 is 36.5. The zero-order valence-corrected chi connectivity index (χ0v) is 18.4. The molecular formula is C20H25ClN2O5S. The number of halogens is 1. The molecule has 0 radical (unpaired) electrons. The Kier molecular flexibility index (Phi) is 7.75. The molecule has 0 bridgehead atoms. The molecule has 1 N–H and O–H groups in total. The van der Waals surface area contributed by atoms with Gasteiger partial charge in [-0.25, -0.2) is 8.42 Å². The van der Waals surface area contributed by atoms with Crippen LogP contribution in [0.4, 0.5) is 5.69 Å². The van der Waals surface area contributed by atoms with Gasteiger partial charge in [0, 0.05) is 11.6 Å². The number of hydrogen-bond donors (Lipinski definition) is 1. The number of benzene rings is 2. The van der Waals surface area contributed by atoms with Crippen molar-refractivity contribution in [1.82, 2.24) is 5.32 Å². The van der Waals surface area contributed by atoms with E-state index in [1.165, 1.54) is 13.2 Å². The van der Waals surface area contributed by atoms with Crippen molar-refractivity contribution in [2.24, 2.45) is 0 Å². The first-order chi connectivity index (χ1) is 13.7. The fourth-order valence-electron chi connectivity index (χ4n) is 2.97. The molecular weight excluding hydrogens is 416 g/mol. The van der Waals surface area contributed by atoms with Gasteiger partial charge in [-0.3, -0.25) is 9.10 Å². The Hall–Kier alpha value is -2.45. The summed E-state index contributed by atoms with van der Waals surface area (Å²) in [6.07, 6.45) is 1.36. The molecule has 0 fully saturated rings. The number of nitrogens with one attached hydrogen (secondary N) is 1. The van der Waals surface area contributed by atoms with Crippen LogP contribution < -0.4 is 19.1 Å². The summed E-state index contributed by atoms with van der Waals surface area (Å²) in [5, 5.41) is 3.19. The third-order valence-electron chi connectivity index (χ3n) is 4.31. The topological polar surface area (TPSA) is 84.9 Å². The van der Waals surface area contributed by atoms with Gasteiger partial charge in [0.25, 0.3) is 0 Å². The van der Waals surface area contributed by atoms with E-state index in [4.69, 9.17) is 21.1 Å². The first-order valence-electron chi connectivity index (χ1n) is 8.94. The molecule has 2 aromatic rings. The molecule has 29 heavy (non-hydrogen) atoms. The van der Waals surface area contributed by atoms with E-state index in [0.29, 0.717) is 22.2 Å². The average Bonchev–Trinajstić information content (AvgIpc) is 2.68. The van der Waals surface area contributed by atoms with E-state index in [1.807, 2.05) is 0 Å². The molecule has 1 amide bonds. The van der Waals surface area contributed by atoms with Crippen LogP contribution in [0.2, 0.25) is 5.02 Å². The number of nitrogens with zero attached hydrogens (tertiary/aromatic N) is 1. The van der Waals surface area contributed by atoms with Gasteiger partial charge in [0.05, 0.1) is 26.2 Å². The zero-order valence-electron chi connectivity index (χ0n) is 16.8. The fourth-order valence-corrected chi connectivity index (χ4v) is 4.36. The second kappa shape index (κ2) is 9.84. The monoisotopic (exact) mass is 440 g/mol. The molecule has 2 aromatic carbocycles. The standard InChI is InChI=1S/C20H25ClN2O5S/c1-5-17(23(29(4,25)26)16-8-6-7-15(21)12-16)20(24)22-13-14-9-10-18(27-2)19(11-14)28-3/h6-12,17H,5,13H2,1-4H3,(H,22,24). The number of sulfonamides is 1.